The van der Waals surface area contributed by atoms with Gasteiger partial charge in [0.2, 0.25) is 5.91 Å². The summed E-state index contributed by atoms with van der Waals surface area (Å²) in [6.07, 6.45) is -2.35. The molecule has 1 aromatic heterocycles. The molecule has 10 nitrogen and oxygen atoms in total. The van der Waals surface area contributed by atoms with Gasteiger partial charge in [-0.05, 0) is 43.9 Å². The molecule has 0 aliphatic carbocycles. The first-order valence-corrected chi connectivity index (χ1v) is 12.2. The number of aromatic nitrogens is 1. The molecule has 192 valence electrons. The second-order valence-electron chi connectivity index (χ2n) is 8.39. The smallest absolute Gasteiger partial charge is 0.416 e. The molecular formula is C21H26F3N5O5S. The molecule has 0 radical (unpaired) electrons. The van der Waals surface area contributed by atoms with E-state index < -0.39 is 27.9 Å². The number of amides is 2. The molecule has 2 amide bonds. The Balaban J connectivity index is 1.66. The fraction of sp³-hybridized carbons (Fsp3) is 0.476. The van der Waals surface area contributed by atoms with Gasteiger partial charge in [0.05, 0.1) is 5.56 Å². The average Bonchev–Trinajstić information content (AvgIpc) is 3.08. The van der Waals surface area contributed by atoms with Gasteiger partial charge in [0.25, 0.3) is 11.9 Å². The van der Waals surface area contributed by atoms with Crippen molar-refractivity contribution in [2.24, 2.45) is 5.92 Å². The van der Waals surface area contributed by atoms with Crippen LogP contribution < -0.4 is 10.0 Å². The second kappa shape index (κ2) is 10.2. The van der Waals surface area contributed by atoms with Gasteiger partial charge in [-0.3, -0.25) is 9.59 Å². The number of aryl methyl sites for hydroxylation is 1. The number of anilines is 2. The molecule has 1 saturated heterocycles. The van der Waals surface area contributed by atoms with E-state index in [0.717, 1.165) is 22.7 Å². The zero-order valence-corrected chi connectivity index (χ0v) is 20.2. The maximum atomic E-state index is 13.0. The number of halogens is 3. The van der Waals surface area contributed by atoms with Crippen molar-refractivity contribution in [3.63, 3.8) is 0 Å². The van der Waals surface area contributed by atoms with E-state index in [2.05, 4.69) is 10.3 Å². The Morgan fingerprint density at radius 1 is 1.20 bits per heavy atom. The summed E-state index contributed by atoms with van der Waals surface area (Å²) in [7, 11) is -0.947. The van der Waals surface area contributed by atoms with Gasteiger partial charge in [-0.25, -0.2) is 4.72 Å². The Morgan fingerprint density at radius 2 is 1.91 bits per heavy atom. The SMILES string of the molecule is Cc1ccc(C(F)(F)F)cc1Nc1nc(C(=O)NS(=O)(=O)N2CCCC(C(=O)N(C)C)CC2)co1. The molecular weight excluding hydrogens is 491 g/mol. The van der Waals surface area contributed by atoms with Crippen LogP contribution in [0.1, 0.15) is 40.9 Å². The van der Waals surface area contributed by atoms with Crippen molar-refractivity contribution in [3.8, 4) is 0 Å². The van der Waals surface area contributed by atoms with Gasteiger partial charge in [-0.15, -0.1) is 0 Å². The predicted octanol–water partition coefficient (Wildman–Crippen LogP) is 2.91. The maximum absolute atomic E-state index is 13.0. The quantitative estimate of drug-likeness (QED) is 0.604. The maximum Gasteiger partial charge on any atom is 0.416 e. The van der Waals surface area contributed by atoms with E-state index in [1.165, 1.54) is 11.0 Å². The minimum atomic E-state index is -4.55. The highest BCUT2D eigenvalue weighted by Gasteiger charge is 2.32. The van der Waals surface area contributed by atoms with E-state index in [0.29, 0.717) is 24.8 Å². The molecule has 1 unspecified atom stereocenters. The predicted molar refractivity (Wildman–Crippen MR) is 120 cm³/mol. The summed E-state index contributed by atoms with van der Waals surface area (Å²) in [5.41, 5.74) is -0.728. The van der Waals surface area contributed by atoms with Crippen molar-refractivity contribution in [3.05, 3.63) is 41.3 Å². The molecule has 0 saturated carbocycles. The fourth-order valence-corrected chi connectivity index (χ4v) is 4.82. The normalized spacial score (nSPS) is 17.5. The third kappa shape index (κ3) is 6.51. The Labute approximate surface area is 200 Å². The van der Waals surface area contributed by atoms with E-state index in [1.807, 2.05) is 4.72 Å². The van der Waals surface area contributed by atoms with Gasteiger partial charge in [0.1, 0.15) is 6.26 Å². The summed E-state index contributed by atoms with van der Waals surface area (Å²) in [6, 6.07) is 2.79. The third-order valence-corrected chi connectivity index (χ3v) is 7.07. The zero-order chi connectivity index (χ0) is 26.0. The first-order valence-electron chi connectivity index (χ1n) is 10.7. The Kier molecular flexibility index (Phi) is 7.74. The second-order valence-corrected chi connectivity index (χ2v) is 10.1. The summed E-state index contributed by atoms with van der Waals surface area (Å²) >= 11 is 0. The number of oxazole rings is 1. The van der Waals surface area contributed by atoms with Crippen LogP contribution in [0.3, 0.4) is 0 Å². The van der Waals surface area contributed by atoms with Gasteiger partial charge < -0.3 is 14.6 Å². The number of benzene rings is 1. The lowest BCUT2D eigenvalue weighted by molar-refractivity contribution is -0.137. The topological polar surface area (TPSA) is 125 Å². The van der Waals surface area contributed by atoms with E-state index in [9.17, 15) is 31.2 Å². The zero-order valence-electron chi connectivity index (χ0n) is 19.3. The standard InChI is InChI=1S/C21H26F3N5O5S/c1-13-6-7-15(21(22,23)24)11-16(13)25-20-26-17(12-34-20)18(30)27-35(32,33)29-9-4-5-14(8-10-29)19(31)28(2)3/h6-7,11-12,14H,4-5,8-10H2,1-3H3,(H,25,26)(H,27,30). The summed E-state index contributed by atoms with van der Waals surface area (Å²) in [4.78, 5) is 30.0. The molecule has 1 aromatic carbocycles. The largest absolute Gasteiger partial charge is 0.431 e. The summed E-state index contributed by atoms with van der Waals surface area (Å²) in [6.45, 7) is 1.77. The Morgan fingerprint density at radius 3 is 2.57 bits per heavy atom. The lowest BCUT2D eigenvalue weighted by Gasteiger charge is -2.20. The highest BCUT2D eigenvalue weighted by atomic mass is 32.2. The lowest BCUT2D eigenvalue weighted by Crippen LogP contribution is -2.44. The van der Waals surface area contributed by atoms with Crippen LogP contribution in [0.15, 0.2) is 28.9 Å². The number of carbonyl (C=O) groups is 2. The van der Waals surface area contributed by atoms with Gasteiger partial charge in [-0.1, -0.05) is 6.07 Å². The van der Waals surface area contributed by atoms with Crippen LogP contribution in [-0.2, 0) is 21.2 Å². The first kappa shape index (κ1) is 26.5. The number of hydrogen-bond acceptors (Lipinski definition) is 7. The van der Waals surface area contributed by atoms with Crippen LogP contribution >= 0.6 is 0 Å². The molecule has 3 rings (SSSR count). The highest BCUT2D eigenvalue weighted by Crippen LogP contribution is 2.33. The number of carbonyl (C=O) groups excluding carboxylic acids is 2. The van der Waals surface area contributed by atoms with Crippen LogP contribution in [0, 0.1) is 12.8 Å². The van der Waals surface area contributed by atoms with Crippen molar-refractivity contribution in [2.45, 2.75) is 32.4 Å². The summed E-state index contributed by atoms with van der Waals surface area (Å²) in [5, 5.41) is 2.57. The summed E-state index contributed by atoms with van der Waals surface area (Å²) in [5.74, 6) is -1.44. The molecule has 1 aliphatic heterocycles. The molecule has 14 heteroatoms. The van der Waals surface area contributed by atoms with Crippen LogP contribution in [-0.4, -0.2) is 61.6 Å². The van der Waals surface area contributed by atoms with Crippen LogP contribution in [0.2, 0.25) is 0 Å². The van der Waals surface area contributed by atoms with Crippen molar-refractivity contribution in [1.29, 1.82) is 0 Å². The number of nitrogens with one attached hydrogen (secondary N) is 2. The van der Waals surface area contributed by atoms with Crippen molar-refractivity contribution in [1.82, 2.24) is 18.9 Å². The minimum absolute atomic E-state index is 0.0626. The highest BCUT2D eigenvalue weighted by molar-refractivity contribution is 7.87. The van der Waals surface area contributed by atoms with Gasteiger partial charge in [-0.2, -0.15) is 30.9 Å². The van der Waals surface area contributed by atoms with Crippen LogP contribution in [0.25, 0.3) is 0 Å². The number of rotatable bonds is 6. The van der Waals surface area contributed by atoms with Crippen LogP contribution in [0.4, 0.5) is 24.9 Å². The molecule has 2 aromatic rings. The van der Waals surface area contributed by atoms with Gasteiger partial charge in [0.15, 0.2) is 5.69 Å². The van der Waals surface area contributed by atoms with Gasteiger partial charge >= 0.3 is 16.4 Å². The number of nitrogens with zero attached hydrogens (tertiary/aromatic N) is 3. The average molecular weight is 518 g/mol. The van der Waals surface area contributed by atoms with Crippen molar-refractivity contribution >= 4 is 33.7 Å². The van der Waals surface area contributed by atoms with E-state index >= 15 is 0 Å². The molecule has 35 heavy (non-hydrogen) atoms. The molecule has 0 bridgehead atoms. The molecule has 2 N–H and O–H groups in total. The molecule has 1 fully saturated rings. The number of alkyl halides is 3. The van der Waals surface area contributed by atoms with Crippen molar-refractivity contribution in [2.75, 3.05) is 32.5 Å². The fourth-order valence-electron chi connectivity index (χ4n) is 3.64. The minimum Gasteiger partial charge on any atom is -0.431 e. The first-order chi connectivity index (χ1) is 16.3. The van der Waals surface area contributed by atoms with Gasteiger partial charge in [0, 0.05) is 38.8 Å². The van der Waals surface area contributed by atoms with E-state index in [1.54, 1.807) is 21.0 Å². The number of hydrogen-bond donors (Lipinski definition) is 2. The third-order valence-electron chi connectivity index (χ3n) is 5.58. The van der Waals surface area contributed by atoms with Crippen molar-refractivity contribution < 1.29 is 35.6 Å². The summed E-state index contributed by atoms with van der Waals surface area (Å²) < 4.78 is 72.5. The molecule has 1 atom stereocenters. The van der Waals surface area contributed by atoms with E-state index in [-0.39, 0.29) is 42.3 Å². The van der Waals surface area contributed by atoms with E-state index in [4.69, 9.17) is 4.42 Å². The molecule has 0 spiro atoms. The molecule has 2 heterocycles. The Bertz CT molecular complexity index is 1200. The monoisotopic (exact) mass is 517 g/mol. The lowest BCUT2D eigenvalue weighted by atomic mass is 9.99. The Hall–Kier alpha value is -3.13. The molecule has 1 aliphatic rings. The van der Waals surface area contributed by atoms with Crippen LogP contribution in [0.5, 0.6) is 0 Å².